The Labute approximate surface area is 98.9 Å². The van der Waals surface area contributed by atoms with Gasteiger partial charge in [0, 0.05) is 0 Å². The van der Waals surface area contributed by atoms with E-state index in [0.717, 1.165) is 17.8 Å². The summed E-state index contributed by atoms with van der Waals surface area (Å²) >= 11 is 1.40. The molecule has 0 unspecified atom stereocenters. The van der Waals surface area contributed by atoms with E-state index in [-0.39, 0.29) is 5.91 Å². The second kappa shape index (κ2) is 4.14. The van der Waals surface area contributed by atoms with E-state index < -0.39 is 5.60 Å². The van der Waals surface area contributed by atoms with E-state index >= 15 is 0 Å². The molecule has 5 heteroatoms. The van der Waals surface area contributed by atoms with Gasteiger partial charge in [-0.25, -0.2) is 4.98 Å². The number of aromatic nitrogens is 1. The summed E-state index contributed by atoms with van der Waals surface area (Å²) in [7, 11) is 0. The van der Waals surface area contributed by atoms with Crippen LogP contribution in [0, 0.1) is 6.92 Å². The molecule has 1 amide bonds. The highest BCUT2D eigenvalue weighted by Gasteiger charge is 2.43. The zero-order chi connectivity index (χ0) is 11.8. The van der Waals surface area contributed by atoms with Crippen LogP contribution in [-0.2, 0) is 0 Å². The molecule has 0 atom stereocenters. The van der Waals surface area contributed by atoms with Gasteiger partial charge in [0.2, 0.25) is 0 Å². The fourth-order valence-corrected chi connectivity index (χ4v) is 2.79. The van der Waals surface area contributed by atoms with Crippen molar-refractivity contribution in [3.8, 4) is 0 Å². The topological polar surface area (TPSA) is 53.4 Å². The van der Waals surface area contributed by atoms with Crippen molar-refractivity contribution < 1.29 is 9.90 Å². The van der Waals surface area contributed by atoms with Crippen LogP contribution < -0.4 is 0 Å². The standard InChI is InChI=1S/C11H16N2O2S/c1-3-4-11(15)6-13(7-11)10(14)9-5-12-8(2)16-9/h5,15H,3-4,6-7H2,1-2H3. The summed E-state index contributed by atoms with van der Waals surface area (Å²) in [6.07, 6.45) is 3.32. The summed E-state index contributed by atoms with van der Waals surface area (Å²) in [6.45, 7) is 4.83. The van der Waals surface area contributed by atoms with Gasteiger partial charge in [0.05, 0.1) is 29.9 Å². The molecule has 16 heavy (non-hydrogen) atoms. The Bertz CT molecular complexity index is 396. The van der Waals surface area contributed by atoms with Crippen molar-refractivity contribution in [2.24, 2.45) is 0 Å². The molecule has 1 aromatic rings. The van der Waals surface area contributed by atoms with Crippen LogP contribution in [0.3, 0.4) is 0 Å². The van der Waals surface area contributed by atoms with Crippen LogP contribution >= 0.6 is 11.3 Å². The number of hydrogen-bond donors (Lipinski definition) is 1. The minimum absolute atomic E-state index is 0.00798. The monoisotopic (exact) mass is 240 g/mol. The summed E-state index contributed by atoms with van der Waals surface area (Å²) in [6, 6.07) is 0. The number of β-amino-alcohol motifs (C(OH)–C–C–N with tert-alkyl or cyclic N) is 1. The largest absolute Gasteiger partial charge is 0.386 e. The third-order valence-corrected chi connectivity index (χ3v) is 3.71. The first-order chi connectivity index (χ1) is 7.54. The maximum absolute atomic E-state index is 11.9. The Morgan fingerprint density at radius 3 is 2.88 bits per heavy atom. The van der Waals surface area contributed by atoms with Gasteiger partial charge in [-0.05, 0) is 13.3 Å². The Kier molecular flexibility index (Phi) is 2.99. The van der Waals surface area contributed by atoms with Crippen LogP contribution in [0.4, 0.5) is 0 Å². The second-order valence-corrected chi connectivity index (χ2v) is 5.61. The molecule has 1 aliphatic heterocycles. The van der Waals surface area contributed by atoms with Gasteiger partial charge in [-0.3, -0.25) is 4.79 Å². The molecule has 1 fully saturated rings. The highest BCUT2D eigenvalue weighted by Crippen LogP contribution is 2.28. The molecule has 88 valence electrons. The first kappa shape index (κ1) is 11.5. The van der Waals surface area contributed by atoms with Crippen molar-refractivity contribution in [2.45, 2.75) is 32.3 Å². The number of carbonyl (C=O) groups is 1. The average Bonchev–Trinajstić information content (AvgIpc) is 2.60. The van der Waals surface area contributed by atoms with E-state index in [1.807, 2.05) is 13.8 Å². The highest BCUT2D eigenvalue weighted by molar-refractivity contribution is 7.13. The number of rotatable bonds is 3. The smallest absolute Gasteiger partial charge is 0.265 e. The van der Waals surface area contributed by atoms with E-state index in [4.69, 9.17) is 0 Å². The van der Waals surface area contributed by atoms with Gasteiger partial charge in [0.1, 0.15) is 4.88 Å². The van der Waals surface area contributed by atoms with Crippen molar-refractivity contribution >= 4 is 17.2 Å². The van der Waals surface area contributed by atoms with E-state index in [0.29, 0.717) is 18.0 Å². The summed E-state index contributed by atoms with van der Waals surface area (Å²) in [4.78, 5) is 18.3. The molecule has 1 N–H and O–H groups in total. The maximum Gasteiger partial charge on any atom is 0.265 e. The Hall–Kier alpha value is -0.940. The first-order valence-electron chi connectivity index (χ1n) is 5.48. The van der Waals surface area contributed by atoms with E-state index in [9.17, 15) is 9.90 Å². The quantitative estimate of drug-likeness (QED) is 0.869. The molecule has 1 aliphatic rings. The average molecular weight is 240 g/mol. The molecule has 0 aliphatic carbocycles. The molecule has 1 saturated heterocycles. The van der Waals surface area contributed by atoms with Crippen molar-refractivity contribution in [2.75, 3.05) is 13.1 Å². The van der Waals surface area contributed by atoms with Crippen LogP contribution in [0.2, 0.25) is 0 Å². The van der Waals surface area contributed by atoms with Crippen molar-refractivity contribution in [3.05, 3.63) is 16.1 Å². The molecule has 4 nitrogen and oxygen atoms in total. The normalized spacial score (nSPS) is 18.3. The zero-order valence-corrected chi connectivity index (χ0v) is 10.4. The number of carbonyl (C=O) groups excluding carboxylic acids is 1. The van der Waals surface area contributed by atoms with Crippen LogP contribution in [0.15, 0.2) is 6.20 Å². The molecule has 0 bridgehead atoms. The number of aliphatic hydroxyl groups is 1. The SMILES string of the molecule is CCCC1(O)CN(C(=O)c2cnc(C)s2)C1. The summed E-state index contributed by atoms with van der Waals surface area (Å²) in [5.74, 6) is -0.00798. The second-order valence-electron chi connectivity index (χ2n) is 4.38. The Balaban J connectivity index is 1.95. The summed E-state index contributed by atoms with van der Waals surface area (Å²) in [5, 5.41) is 10.9. The lowest BCUT2D eigenvalue weighted by molar-refractivity contribution is -0.0858. The minimum atomic E-state index is -0.649. The van der Waals surface area contributed by atoms with Crippen molar-refractivity contribution in [3.63, 3.8) is 0 Å². The van der Waals surface area contributed by atoms with Gasteiger partial charge in [-0.2, -0.15) is 0 Å². The van der Waals surface area contributed by atoms with Gasteiger partial charge < -0.3 is 10.0 Å². The van der Waals surface area contributed by atoms with Gasteiger partial charge in [-0.1, -0.05) is 13.3 Å². The third kappa shape index (κ3) is 2.10. The van der Waals surface area contributed by atoms with E-state index in [1.54, 1.807) is 11.1 Å². The van der Waals surface area contributed by atoms with E-state index in [2.05, 4.69) is 4.98 Å². The van der Waals surface area contributed by atoms with Crippen LogP contribution in [0.1, 0.15) is 34.4 Å². The maximum atomic E-state index is 11.9. The number of likely N-dealkylation sites (tertiary alicyclic amines) is 1. The molecular formula is C11H16N2O2S. The Morgan fingerprint density at radius 1 is 1.69 bits per heavy atom. The third-order valence-electron chi connectivity index (χ3n) is 2.80. The lowest BCUT2D eigenvalue weighted by atomic mass is 9.89. The first-order valence-corrected chi connectivity index (χ1v) is 6.30. The molecule has 0 radical (unpaired) electrons. The zero-order valence-electron chi connectivity index (χ0n) is 9.56. The molecule has 0 aromatic carbocycles. The van der Waals surface area contributed by atoms with Gasteiger partial charge in [0.15, 0.2) is 0 Å². The van der Waals surface area contributed by atoms with Gasteiger partial charge >= 0.3 is 0 Å². The fraction of sp³-hybridized carbons (Fsp3) is 0.636. The van der Waals surface area contributed by atoms with Crippen LogP contribution in [-0.4, -0.2) is 39.6 Å². The number of aryl methyl sites for hydroxylation is 1. The molecule has 2 heterocycles. The highest BCUT2D eigenvalue weighted by atomic mass is 32.1. The predicted molar refractivity (Wildman–Crippen MR) is 62.6 cm³/mol. The van der Waals surface area contributed by atoms with Crippen LogP contribution in [0.5, 0.6) is 0 Å². The van der Waals surface area contributed by atoms with Crippen LogP contribution in [0.25, 0.3) is 0 Å². The number of hydrogen-bond acceptors (Lipinski definition) is 4. The minimum Gasteiger partial charge on any atom is -0.386 e. The van der Waals surface area contributed by atoms with Gasteiger partial charge in [0.25, 0.3) is 5.91 Å². The number of amides is 1. The molecule has 0 saturated carbocycles. The fourth-order valence-electron chi connectivity index (χ4n) is 2.05. The van der Waals surface area contributed by atoms with Crippen molar-refractivity contribution in [1.82, 2.24) is 9.88 Å². The number of nitrogens with zero attached hydrogens (tertiary/aromatic N) is 2. The predicted octanol–water partition coefficient (Wildman–Crippen LogP) is 1.44. The lowest BCUT2D eigenvalue weighted by Gasteiger charge is -2.46. The lowest BCUT2D eigenvalue weighted by Crippen LogP contribution is -2.63. The summed E-state index contributed by atoms with van der Waals surface area (Å²) in [5.41, 5.74) is -0.649. The summed E-state index contributed by atoms with van der Waals surface area (Å²) < 4.78 is 0. The van der Waals surface area contributed by atoms with E-state index in [1.165, 1.54) is 11.3 Å². The van der Waals surface area contributed by atoms with Gasteiger partial charge in [-0.15, -0.1) is 11.3 Å². The Morgan fingerprint density at radius 2 is 2.38 bits per heavy atom. The van der Waals surface area contributed by atoms with Crippen molar-refractivity contribution in [1.29, 1.82) is 0 Å². The number of thiazole rings is 1. The molecule has 1 aromatic heterocycles. The molecular weight excluding hydrogens is 224 g/mol. The molecule has 0 spiro atoms. The molecule has 2 rings (SSSR count).